The van der Waals surface area contributed by atoms with Crippen molar-refractivity contribution in [3.63, 3.8) is 0 Å². The van der Waals surface area contributed by atoms with E-state index in [0.717, 1.165) is 0 Å². The number of aromatic nitrogens is 2. The standard InChI is InChI=1S/C14H13F3N4O3/c1-23-9-3-4-10(24-2)8(5-9)7-19-21-12(22)6-11(14(15,16)17)20-13(21)18/h3-7H,1-2H3,(H2,18,20). The second-order valence-corrected chi connectivity index (χ2v) is 4.50. The Labute approximate surface area is 134 Å². The number of anilines is 1. The normalized spacial score (nSPS) is 11.7. The fraction of sp³-hybridized carbons (Fsp3) is 0.214. The maximum absolute atomic E-state index is 12.6. The molecule has 0 fully saturated rings. The summed E-state index contributed by atoms with van der Waals surface area (Å²) in [7, 11) is 2.89. The molecule has 0 spiro atoms. The molecule has 0 aliphatic heterocycles. The Morgan fingerprint density at radius 2 is 1.96 bits per heavy atom. The van der Waals surface area contributed by atoms with Crippen LogP contribution in [0.2, 0.25) is 0 Å². The highest BCUT2D eigenvalue weighted by Gasteiger charge is 2.33. The van der Waals surface area contributed by atoms with Gasteiger partial charge in [0.2, 0.25) is 5.95 Å². The summed E-state index contributed by atoms with van der Waals surface area (Å²) in [6.07, 6.45) is -3.57. The molecule has 0 aliphatic rings. The van der Waals surface area contributed by atoms with Crippen LogP contribution in [0.15, 0.2) is 34.2 Å². The molecule has 0 bridgehead atoms. The molecule has 0 atom stereocenters. The van der Waals surface area contributed by atoms with Crippen LogP contribution in [0.25, 0.3) is 0 Å². The van der Waals surface area contributed by atoms with Gasteiger partial charge in [-0.25, -0.2) is 4.98 Å². The number of methoxy groups -OCH3 is 2. The van der Waals surface area contributed by atoms with E-state index in [0.29, 0.717) is 27.8 Å². The molecule has 2 aromatic rings. The molecule has 128 valence electrons. The van der Waals surface area contributed by atoms with Crippen molar-refractivity contribution in [1.82, 2.24) is 9.66 Å². The summed E-state index contributed by atoms with van der Waals surface area (Å²) in [5.41, 5.74) is 3.38. The summed E-state index contributed by atoms with van der Waals surface area (Å²) in [4.78, 5) is 14.9. The van der Waals surface area contributed by atoms with Gasteiger partial charge in [-0.3, -0.25) is 4.79 Å². The van der Waals surface area contributed by atoms with Gasteiger partial charge in [-0.2, -0.15) is 22.9 Å². The number of alkyl halides is 3. The van der Waals surface area contributed by atoms with Crippen molar-refractivity contribution in [3.8, 4) is 11.5 Å². The Balaban J connectivity index is 2.45. The van der Waals surface area contributed by atoms with Gasteiger partial charge < -0.3 is 15.2 Å². The summed E-state index contributed by atoms with van der Waals surface area (Å²) < 4.78 is 48.5. The fourth-order valence-electron chi connectivity index (χ4n) is 1.82. The molecule has 0 aliphatic carbocycles. The summed E-state index contributed by atoms with van der Waals surface area (Å²) in [5.74, 6) is 0.238. The smallest absolute Gasteiger partial charge is 0.433 e. The second-order valence-electron chi connectivity index (χ2n) is 4.50. The largest absolute Gasteiger partial charge is 0.497 e. The molecule has 0 unspecified atom stereocenters. The molecule has 1 aromatic heterocycles. The number of rotatable bonds is 4. The number of halogens is 3. The second kappa shape index (κ2) is 6.60. The van der Waals surface area contributed by atoms with Crippen molar-refractivity contribution in [3.05, 3.63) is 45.9 Å². The lowest BCUT2D eigenvalue weighted by molar-refractivity contribution is -0.141. The predicted molar refractivity (Wildman–Crippen MR) is 80.4 cm³/mol. The first-order valence-electron chi connectivity index (χ1n) is 6.49. The monoisotopic (exact) mass is 342 g/mol. The molecular weight excluding hydrogens is 329 g/mol. The van der Waals surface area contributed by atoms with Crippen LogP contribution in [0.4, 0.5) is 19.1 Å². The van der Waals surface area contributed by atoms with Gasteiger partial charge in [0.05, 0.1) is 20.4 Å². The maximum Gasteiger partial charge on any atom is 0.433 e. The highest BCUT2D eigenvalue weighted by molar-refractivity contribution is 5.84. The van der Waals surface area contributed by atoms with Gasteiger partial charge in [0, 0.05) is 11.6 Å². The van der Waals surface area contributed by atoms with Crippen molar-refractivity contribution in [2.75, 3.05) is 20.0 Å². The first-order valence-corrected chi connectivity index (χ1v) is 6.49. The van der Waals surface area contributed by atoms with Crippen molar-refractivity contribution >= 4 is 12.2 Å². The Morgan fingerprint density at radius 1 is 1.25 bits per heavy atom. The minimum Gasteiger partial charge on any atom is -0.497 e. The van der Waals surface area contributed by atoms with Gasteiger partial charge in [0.1, 0.15) is 11.5 Å². The topological polar surface area (TPSA) is 91.7 Å². The molecular formula is C14H13F3N4O3. The summed E-state index contributed by atoms with van der Waals surface area (Å²) in [6, 6.07) is 5.14. The lowest BCUT2D eigenvalue weighted by atomic mass is 10.2. The van der Waals surface area contributed by atoms with Crippen LogP contribution in [0.1, 0.15) is 11.3 Å². The van der Waals surface area contributed by atoms with E-state index in [1.807, 2.05) is 0 Å². The van der Waals surface area contributed by atoms with E-state index in [4.69, 9.17) is 15.2 Å². The zero-order valence-corrected chi connectivity index (χ0v) is 12.7. The van der Waals surface area contributed by atoms with Gasteiger partial charge in [0.15, 0.2) is 5.69 Å². The average molecular weight is 342 g/mol. The highest BCUT2D eigenvalue weighted by Crippen LogP contribution is 2.27. The maximum atomic E-state index is 12.6. The van der Waals surface area contributed by atoms with E-state index in [2.05, 4.69) is 10.1 Å². The minimum absolute atomic E-state index is 0.316. The molecule has 1 aromatic carbocycles. The van der Waals surface area contributed by atoms with Crippen molar-refractivity contribution in [2.24, 2.45) is 5.10 Å². The van der Waals surface area contributed by atoms with Crippen molar-refractivity contribution < 1.29 is 22.6 Å². The van der Waals surface area contributed by atoms with Gasteiger partial charge in [-0.1, -0.05) is 0 Å². The van der Waals surface area contributed by atoms with Gasteiger partial charge >= 0.3 is 6.18 Å². The molecule has 24 heavy (non-hydrogen) atoms. The summed E-state index contributed by atoms with van der Waals surface area (Å²) in [5, 5.41) is 3.77. The van der Waals surface area contributed by atoms with Gasteiger partial charge in [-0.05, 0) is 18.2 Å². The molecule has 0 amide bonds. The number of nitrogen functional groups attached to an aromatic ring is 1. The molecule has 0 saturated carbocycles. The fourth-order valence-corrected chi connectivity index (χ4v) is 1.82. The van der Waals surface area contributed by atoms with E-state index < -0.39 is 23.4 Å². The lowest BCUT2D eigenvalue weighted by Crippen LogP contribution is -2.24. The predicted octanol–water partition coefficient (Wildman–Crippen LogP) is 1.74. The Bertz CT molecular complexity index is 831. The number of hydrogen-bond donors (Lipinski definition) is 1. The number of hydrogen-bond acceptors (Lipinski definition) is 6. The number of nitrogens with two attached hydrogens (primary N) is 1. The molecule has 7 nitrogen and oxygen atoms in total. The Kier molecular flexibility index (Phi) is 4.77. The van der Waals surface area contributed by atoms with E-state index in [9.17, 15) is 18.0 Å². The first kappa shape index (κ1) is 17.3. The Morgan fingerprint density at radius 3 is 2.50 bits per heavy atom. The molecule has 0 radical (unpaired) electrons. The third-order valence-electron chi connectivity index (χ3n) is 2.96. The zero-order valence-electron chi connectivity index (χ0n) is 12.7. The van der Waals surface area contributed by atoms with Crippen LogP contribution in [0, 0.1) is 0 Å². The molecule has 10 heteroatoms. The van der Waals surface area contributed by atoms with Crippen LogP contribution < -0.4 is 20.8 Å². The Hall–Kier alpha value is -3.04. The number of benzene rings is 1. The van der Waals surface area contributed by atoms with E-state index in [-0.39, 0.29) is 0 Å². The average Bonchev–Trinajstić information content (AvgIpc) is 2.52. The highest BCUT2D eigenvalue weighted by atomic mass is 19.4. The van der Waals surface area contributed by atoms with Gasteiger partial charge in [0.25, 0.3) is 5.56 Å². The molecule has 0 saturated heterocycles. The third-order valence-corrected chi connectivity index (χ3v) is 2.96. The summed E-state index contributed by atoms with van der Waals surface area (Å²) in [6.45, 7) is 0. The third kappa shape index (κ3) is 3.65. The number of ether oxygens (including phenoxy) is 2. The number of nitrogens with zero attached hydrogens (tertiary/aromatic N) is 3. The van der Waals surface area contributed by atoms with Crippen LogP contribution in [0.5, 0.6) is 11.5 Å². The lowest BCUT2D eigenvalue weighted by Gasteiger charge is -2.09. The quantitative estimate of drug-likeness (QED) is 0.855. The van der Waals surface area contributed by atoms with Crippen LogP contribution in [0.3, 0.4) is 0 Å². The van der Waals surface area contributed by atoms with Crippen LogP contribution in [-0.4, -0.2) is 30.1 Å². The SMILES string of the molecule is COc1ccc(OC)c(C=Nn2c(N)nc(C(F)(F)F)cc2=O)c1. The molecule has 2 N–H and O–H groups in total. The van der Waals surface area contributed by atoms with E-state index in [1.165, 1.54) is 20.4 Å². The van der Waals surface area contributed by atoms with Crippen LogP contribution >= 0.6 is 0 Å². The van der Waals surface area contributed by atoms with Gasteiger partial charge in [-0.15, -0.1) is 0 Å². The molecule has 1 heterocycles. The van der Waals surface area contributed by atoms with E-state index >= 15 is 0 Å². The summed E-state index contributed by atoms with van der Waals surface area (Å²) >= 11 is 0. The van der Waals surface area contributed by atoms with Crippen molar-refractivity contribution in [2.45, 2.75) is 6.18 Å². The zero-order chi connectivity index (χ0) is 17.9. The first-order chi connectivity index (χ1) is 11.3. The minimum atomic E-state index is -4.77. The van der Waals surface area contributed by atoms with Crippen molar-refractivity contribution in [1.29, 1.82) is 0 Å². The molecule has 2 rings (SSSR count). The van der Waals surface area contributed by atoms with Crippen LogP contribution in [-0.2, 0) is 6.18 Å². The van der Waals surface area contributed by atoms with E-state index in [1.54, 1.807) is 18.2 Å².